The zero-order valence-electron chi connectivity index (χ0n) is 15.6. The summed E-state index contributed by atoms with van der Waals surface area (Å²) in [6.07, 6.45) is 0. The molecule has 2 amide bonds. The van der Waals surface area contributed by atoms with Crippen LogP contribution >= 0.6 is 0 Å². The molecule has 0 aromatic heterocycles. The number of carbonyl (C=O) groups is 2. The summed E-state index contributed by atoms with van der Waals surface area (Å²) in [5.41, 5.74) is 3.38. The summed E-state index contributed by atoms with van der Waals surface area (Å²) in [7, 11) is -3.62. The van der Waals surface area contributed by atoms with E-state index in [4.69, 9.17) is 4.84 Å². The van der Waals surface area contributed by atoms with E-state index in [2.05, 4.69) is 15.5 Å². The second-order valence-electron chi connectivity index (χ2n) is 6.28. The van der Waals surface area contributed by atoms with Crippen LogP contribution < -0.4 is 15.5 Å². The maximum Gasteiger partial charge on any atom is 0.262 e. The standard InChI is InChI=1S/C19H23N3O5S/c1-14(2)22-28(25,26)17-10-8-16(9-11-17)19(24)20-12-18(23)21-27-13-15-6-4-3-5-7-15/h3-11,14,22H,12-13H2,1-2H3,(H,20,24)(H,21,23). The minimum Gasteiger partial charge on any atom is -0.343 e. The average Bonchev–Trinajstić information content (AvgIpc) is 2.66. The summed E-state index contributed by atoms with van der Waals surface area (Å²) in [6.45, 7) is 3.37. The van der Waals surface area contributed by atoms with Gasteiger partial charge in [-0.3, -0.25) is 14.4 Å². The van der Waals surface area contributed by atoms with E-state index in [1.165, 1.54) is 24.3 Å². The molecule has 2 aromatic rings. The summed E-state index contributed by atoms with van der Waals surface area (Å²) in [4.78, 5) is 28.9. The first-order valence-corrected chi connectivity index (χ1v) is 10.1. The fourth-order valence-electron chi connectivity index (χ4n) is 2.24. The van der Waals surface area contributed by atoms with Gasteiger partial charge in [0.1, 0.15) is 0 Å². The Morgan fingerprint density at radius 2 is 1.64 bits per heavy atom. The van der Waals surface area contributed by atoms with Crippen LogP contribution in [0.15, 0.2) is 59.5 Å². The summed E-state index contributed by atoms with van der Waals surface area (Å²) < 4.78 is 26.6. The third-order valence-electron chi connectivity index (χ3n) is 3.49. The highest BCUT2D eigenvalue weighted by Crippen LogP contribution is 2.11. The molecule has 0 saturated carbocycles. The summed E-state index contributed by atoms with van der Waals surface area (Å²) in [5, 5.41) is 2.44. The maximum atomic E-state index is 12.1. The molecule has 150 valence electrons. The molecule has 0 aliphatic rings. The Morgan fingerprint density at radius 1 is 1.00 bits per heavy atom. The van der Waals surface area contributed by atoms with Crippen LogP contribution in [0.1, 0.15) is 29.8 Å². The molecular weight excluding hydrogens is 382 g/mol. The Kier molecular flexibility index (Phi) is 7.68. The van der Waals surface area contributed by atoms with E-state index in [9.17, 15) is 18.0 Å². The number of hydrogen-bond donors (Lipinski definition) is 3. The van der Waals surface area contributed by atoms with Crippen molar-refractivity contribution in [2.75, 3.05) is 6.54 Å². The highest BCUT2D eigenvalue weighted by molar-refractivity contribution is 7.89. The number of amides is 2. The highest BCUT2D eigenvalue weighted by atomic mass is 32.2. The molecule has 8 nitrogen and oxygen atoms in total. The first kappa shape index (κ1) is 21.5. The van der Waals surface area contributed by atoms with E-state index in [1.807, 2.05) is 30.3 Å². The number of sulfonamides is 1. The van der Waals surface area contributed by atoms with Crippen LogP contribution in [0.3, 0.4) is 0 Å². The number of benzene rings is 2. The van der Waals surface area contributed by atoms with Gasteiger partial charge in [-0.2, -0.15) is 0 Å². The van der Waals surface area contributed by atoms with Gasteiger partial charge < -0.3 is 5.32 Å². The van der Waals surface area contributed by atoms with Crippen LogP contribution in [-0.4, -0.2) is 32.8 Å². The Labute approximate surface area is 164 Å². The lowest BCUT2D eigenvalue weighted by atomic mass is 10.2. The van der Waals surface area contributed by atoms with Crippen LogP contribution in [0.5, 0.6) is 0 Å². The van der Waals surface area contributed by atoms with Crippen LogP contribution in [0.4, 0.5) is 0 Å². The largest absolute Gasteiger partial charge is 0.343 e. The molecule has 9 heteroatoms. The van der Waals surface area contributed by atoms with E-state index in [-0.39, 0.29) is 29.7 Å². The van der Waals surface area contributed by atoms with Gasteiger partial charge >= 0.3 is 0 Å². The summed E-state index contributed by atoms with van der Waals surface area (Å²) in [6, 6.07) is 14.5. The first-order valence-electron chi connectivity index (χ1n) is 8.63. The molecule has 0 heterocycles. The lowest BCUT2D eigenvalue weighted by Crippen LogP contribution is -2.36. The second kappa shape index (κ2) is 9.98. The van der Waals surface area contributed by atoms with E-state index in [0.29, 0.717) is 0 Å². The summed E-state index contributed by atoms with van der Waals surface area (Å²) >= 11 is 0. The quantitative estimate of drug-likeness (QED) is 0.545. The van der Waals surface area contributed by atoms with Crippen molar-refractivity contribution in [3.63, 3.8) is 0 Å². The lowest BCUT2D eigenvalue weighted by molar-refractivity contribution is -0.133. The first-order chi connectivity index (χ1) is 13.3. The molecule has 2 aromatic carbocycles. The number of hydroxylamine groups is 1. The van der Waals surface area contributed by atoms with Crippen molar-refractivity contribution >= 4 is 21.8 Å². The van der Waals surface area contributed by atoms with Gasteiger partial charge in [-0.25, -0.2) is 18.6 Å². The molecule has 0 saturated heterocycles. The Morgan fingerprint density at radius 3 is 2.25 bits per heavy atom. The van der Waals surface area contributed by atoms with E-state index >= 15 is 0 Å². The van der Waals surface area contributed by atoms with Crippen molar-refractivity contribution in [2.24, 2.45) is 0 Å². The smallest absolute Gasteiger partial charge is 0.262 e. The van der Waals surface area contributed by atoms with E-state index in [1.54, 1.807) is 13.8 Å². The topological polar surface area (TPSA) is 114 Å². The van der Waals surface area contributed by atoms with Crippen LogP contribution in [0.2, 0.25) is 0 Å². The molecule has 0 bridgehead atoms. The average molecular weight is 405 g/mol. The lowest BCUT2D eigenvalue weighted by Gasteiger charge is -2.10. The van der Waals surface area contributed by atoms with Crippen LogP contribution in [0.25, 0.3) is 0 Å². The number of rotatable bonds is 9. The number of carbonyl (C=O) groups excluding carboxylic acids is 2. The van der Waals surface area contributed by atoms with Crippen LogP contribution in [-0.2, 0) is 26.3 Å². The number of nitrogens with one attached hydrogen (secondary N) is 3. The van der Waals surface area contributed by atoms with Gasteiger partial charge in [0, 0.05) is 11.6 Å². The van der Waals surface area contributed by atoms with E-state index < -0.39 is 21.8 Å². The monoisotopic (exact) mass is 405 g/mol. The van der Waals surface area contributed by atoms with Crippen molar-refractivity contribution in [3.8, 4) is 0 Å². The third kappa shape index (κ3) is 6.76. The normalized spacial score (nSPS) is 11.2. The Bertz CT molecular complexity index is 897. The molecular formula is C19H23N3O5S. The van der Waals surface area contributed by atoms with Crippen molar-refractivity contribution in [2.45, 2.75) is 31.4 Å². The number of hydrogen-bond acceptors (Lipinski definition) is 5. The van der Waals surface area contributed by atoms with Gasteiger partial charge in [0.2, 0.25) is 10.0 Å². The van der Waals surface area contributed by atoms with Gasteiger partial charge in [0.05, 0.1) is 18.0 Å². The predicted octanol–water partition coefficient (Wildman–Crippen LogP) is 1.35. The van der Waals surface area contributed by atoms with Gasteiger partial charge in [-0.05, 0) is 43.7 Å². The molecule has 28 heavy (non-hydrogen) atoms. The van der Waals surface area contributed by atoms with Crippen molar-refractivity contribution in [1.82, 2.24) is 15.5 Å². The van der Waals surface area contributed by atoms with Gasteiger partial charge in [-0.15, -0.1) is 0 Å². The van der Waals surface area contributed by atoms with Crippen molar-refractivity contribution < 1.29 is 22.8 Å². The maximum absolute atomic E-state index is 12.1. The molecule has 0 unspecified atom stereocenters. The molecule has 0 spiro atoms. The van der Waals surface area contributed by atoms with E-state index in [0.717, 1.165) is 5.56 Å². The molecule has 0 radical (unpaired) electrons. The third-order valence-corrected chi connectivity index (χ3v) is 5.17. The van der Waals surface area contributed by atoms with Crippen molar-refractivity contribution in [1.29, 1.82) is 0 Å². The van der Waals surface area contributed by atoms with Gasteiger partial charge in [-0.1, -0.05) is 30.3 Å². The fourth-order valence-corrected chi connectivity index (χ4v) is 3.49. The van der Waals surface area contributed by atoms with Gasteiger partial charge in [0.25, 0.3) is 11.8 Å². The highest BCUT2D eigenvalue weighted by Gasteiger charge is 2.16. The molecule has 2 rings (SSSR count). The van der Waals surface area contributed by atoms with Crippen LogP contribution in [0, 0.1) is 0 Å². The van der Waals surface area contributed by atoms with Gasteiger partial charge in [0.15, 0.2) is 0 Å². The zero-order chi connectivity index (χ0) is 20.6. The summed E-state index contributed by atoms with van der Waals surface area (Å²) in [5.74, 6) is -1.01. The molecule has 0 fully saturated rings. The minimum absolute atomic E-state index is 0.0600. The Hall–Kier alpha value is -2.75. The SMILES string of the molecule is CC(C)NS(=O)(=O)c1ccc(C(=O)NCC(=O)NOCc2ccccc2)cc1. The predicted molar refractivity (Wildman–Crippen MR) is 104 cm³/mol. The fraction of sp³-hybridized carbons (Fsp3) is 0.263. The Balaban J connectivity index is 1.80. The molecule has 0 atom stereocenters. The molecule has 3 N–H and O–H groups in total. The van der Waals surface area contributed by atoms with Crippen molar-refractivity contribution in [3.05, 3.63) is 65.7 Å². The zero-order valence-corrected chi connectivity index (χ0v) is 16.5. The minimum atomic E-state index is -3.62. The molecule has 0 aliphatic heterocycles. The second-order valence-corrected chi connectivity index (χ2v) is 8.00. The molecule has 0 aliphatic carbocycles.